The second-order valence-electron chi connectivity index (χ2n) is 5.76. The lowest BCUT2D eigenvalue weighted by molar-refractivity contribution is -0.136. The lowest BCUT2D eigenvalue weighted by Crippen LogP contribution is -2.53. The number of nitrogens with one attached hydrogen (secondary N) is 4. The number of carbonyl (C=O) groups is 3. The van der Waals surface area contributed by atoms with E-state index in [-0.39, 0.29) is 18.5 Å². The number of hydrogen-bond donors (Lipinski definition) is 4. The molecule has 1 fully saturated rings. The fourth-order valence-electron chi connectivity index (χ4n) is 2.48. The van der Waals surface area contributed by atoms with Gasteiger partial charge in [-0.3, -0.25) is 19.7 Å². The Kier molecular flexibility index (Phi) is 6.48. The van der Waals surface area contributed by atoms with Crippen molar-refractivity contribution in [2.45, 2.75) is 39.0 Å². The standard InChI is InChI=1S/C15H24N6O4/c1-4-10-8-12(22)19-15(17-10)21-11(7-9(2)20-21)18-14(24)13(23)16-5-6-25-3/h7,10,15,17H,4-6,8H2,1-3H3,(H,16,23)(H,18,24)(H,19,22). The molecule has 0 saturated carbocycles. The molecule has 1 aliphatic heterocycles. The van der Waals surface area contributed by atoms with Crippen LogP contribution in [0.5, 0.6) is 0 Å². The Balaban J connectivity index is 2.08. The maximum absolute atomic E-state index is 12.0. The van der Waals surface area contributed by atoms with Crippen LogP contribution in [0, 0.1) is 6.92 Å². The lowest BCUT2D eigenvalue weighted by Gasteiger charge is -2.31. The zero-order valence-corrected chi connectivity index (χ0v) is 14.6. The van der Waals surface area contributed by atoms with Crippen LogP contribution in [0.3, 0.4) is 0 Å². The fraction of sp³-hybridized carbons (Fsp3) is 0.600. The van der Waals surface area contributed by atoms with E-state index in [0.717, 1.165) is 6.42 Å². The summed E-state index contributed by atoms with van der Waals surface area (Å²) in [5.74, 6) is -1.36. The smallest absolute Gasteiger partial charge is 0.314 e. The van der Waals surface area contributed by atoms with Crippen LogP contribution in [0.15, 0.2) is 6.07 Å². The van der Waals surface area contributed by atoms with Crippen molar-refractivity contribution in [2.24, 2.45) is 0 Å². The largest absolute Gasteiger partial charge is 0.383 e. The molecule has 1 aromatic heterocycles. The van der Waals surface area contributed by atoms with E-state index in [9.17, 15) is 14.4 Å². The average Bonchev–Trinajstić information content (AvgIpc) is 2.94. The van der Waals surface area contributed by atoms with Gasteiger partial charge in [0.05, 0.1) is 12.3 Å². The number of anilines is 1. The quantitative estimate of drug-likeness (QED) is 0.394. The van der Waals surface area contributed by atoms with E-state index in [1.54, 1.807) is 13.0 Å². The van der Waals surface area contributed by atoms with Gasteiger partial charge in [-0.2, -0.15) is 5.10 Å². The zero-order valence-electron chi connectivity index (χ0n) is 14.6. The van der Waals surface area contributed by atoms with E-state index >= 15 is 0 Å². The Bertz CT molecular complexity index is 644. The summed E-state index contributed by atoms with van der Waals surface area (Å²) in [6.45, 7) is 4.29. The molecule has 2 rings (SSSR count). The van der Waals surface area contributed by atoms with E-state index in [4.69, 9.17) is 4.74 Å². The molecule has 0 radical (unpaired) electrons. The van der Waals surface area contributed by atoms with Crippen molar-refractivity contribution < 1.29 is 19.1 Å². The van der Waals surface area contributed by atoms with Gasteiger partial charge in [-0.25, -0.2) is 4.68 Å². The molecule has 1 aliphatic rings. The highest BCUT2D eigenvalue weighted by Gasteiger charge is 2.28. The highest BCUT2D eigenvalue weighted by atomic mass is 16.5. The Morgan fingerprint density at radius 2 is 2.20 bits per heavy atom. The molecule has 3 amide bonds. The molecule has 2 atom stereocenters. The molecule has 0 aliphatic carbocycles. The fourth-order valence-corrected chi connectivity index (χ4v) is 2.48. The van der Waals surface area contributed by atoms with Gasteiger partial charge in [0.2, 0.25) is 5.91 Å². The van der Waals surface area contributed by atoms with Crippen LogP contribution in [0.2, 0.25) is 0 Å². The predicted octanol–water partition coefficient (Wildman–Crippen LogP) is -0.763. The van der Waals surface area contributed by atoms with Gasteiger partial charge in [-0.1, -0.05) is 6.92 Å². The maximum atomic E-state index is 12.0. The number of nitrogens with zero attached hydrogens (tertiary/aromatic N) is 2. The molecule has 2 heterocycles. The third kappa shape index (κ3) is 5.00. The molecule has 10 nitrogen and oxygen atoms in total. The molecule has 25 heavy (non-hydrogen) atoms. The highest BCUT2D eigenvalue weighted by Crippen LogP contribution is 2.18. The molecule has 2 unspecified atom stereocenters. The van der Waals surface area contributed by atoms with Crippen molar-refractivity contribution in [2.75, 3.05) is 25.6 Å². The van der Waals surface area contributed by atoms with Crippen molar-refractivity contribution in [1.29, 1.82) is 0 Å². The molecule has 10 heteroatoms. The minimum Gasteiger partial charge on any atom is -0.383 e. The summed E-state index contributed by atoms with van der Waals surface area (Å²) < 4.78 is 6.27. The number of rotatable bonds is 6. The van der Waals surface area contributed by atoms with Crippen molar-refractivity contribution >= 4 is 23.5 Å². The van der Waals surface area contributed by atoms with Gasteiger partial charge >= 0.3 is 11.8 Å². The number of aromatic nitrogens is 2. The van der Waals surface area contributed by atoms with Crippen LogP contribution < -0.4 is 21.3 Å². The summed E-state index contributed by atoms with van der Waals surface area (Å²) in [6.07, 6.45) is 0.580. The Morgan fingerprint density at radius 1 is 1.44 bits per heavy atom. The van der Waals surface area contributed by atoms with Gasteiger partial charge in [0.25, 0.3) is 0 Å². The molecule has 0 aromatic carbocycles. The first-order chi connectivity index (χ1) is 11.9. The first-order valence-electron chi connectivity index (χ1n) is 8.14. The van der Waals surface area contributed by atoms with Crippen LogP contribution >= 0.6 is 0 Å². The molecule has 4 N–H and O–H groups in total. The van der Waals surface area contributed by atoms with Gasteiger partial charge in [0, 0.05) is 32.2 Å². The second kappa shape index (κ2) is 8.58. The van der Waals surface area contributed by atoms with Crippen LogP contribution in [0.25, 0.3) is 0 Å². The third-order valence-electron chi connectivity index (χ3n) is 3.76. The minimum absolute atomic E-state index is 0.0177. The second-order valence-corrected chi connectivity index (χ2v) is 5.76. The van der Waals surface area contributed by atoms with Gasteiger partial charge in [-0.15, -0.1) is 0 Å². The SMILES string of the molecule is CCC1CC(=O)NC(n2nc(C)cc2NC(=O)C(=O)NCCOC)N1. The number of ether oxygens (including phenoxy) is 1. The number of hydrogen-bond acceptors (Lipinski definition) is 6. The molecule has 1 aromatic rings. The summed E-state index contributed by atoms with van der Waals surface area (Å²) in [5.41, 5.74) is 0.643. The monoisotopic (exact) mass is 352 g/mol. The summed E-state index contributed by atoms with van der Waals surface area (Å²) in [6, 6.07) is 1.65. The van der Waals surface area contributed by atoms with E-state index < -0.39 is 18.1 Å². The summed E-state index contributed by atoms with van der Waals surface area (Å²) in [5, 5.41) is 15.3. The van der Waals surface area contributed by atoms with E-state index in [1.807, 2.05) is 6.92 Å². The van der Waals surface area contributed by atoms with Crippen molar-refractivity contribution in [1.82, 2.24) is 25.7 Å². The topological polar surface area (TPSA) is 126 Å². The van der Waals surface area contributed by atoms with Gasteiger partial charge in [-0.05, 0) is 13.3 Å². The number of methoxy groups -OCH3 is 1. The van der Waals surface area contributed by atoms with Crippen molar-refractivity contribution in [3.63, 3.8) is 0 Å². The highest BCUT2D eigenvalue weighted by molar-refractivity contribution is 6.39. The molecule has 0 spiro atoms. The summed E-state index contributed by atoms with van der Waals surface area (Å²) in [4.78, 5) is 35.7. The molecule has 1 saturated heterocycles. The minimum atomic E-state index is -0.813. The van der Waals surface area contributed by atoms with Crippen molar-refractivity contribution in [3.8, 4) is 0 Å². The van der Waals surface area contributed by atoms with Gasteiger partial charge in [0.1, 0.15) is 5.82 Å². The van der Waals surface area contributed by atoms with E-state index in [0.29, 0.717) is 24.5 Å². The predicted molar refractivity (Wildman–Crippen MR) is 89.5 cm³/mol. The number of carbonyl (C=O) groups excluding carboxylic acids is 3. The van der Waals surface area contributed by atoms with Crippen molar-refractivity contribution in [3.05, 3.63) is 11.8 Å². The molecular formula is C15H24N6O4. The summed E-state index contributed by atoms with van der Waals surface area (Å²) in [7, 11) is 1.50. The maximum Gasteiger partial charge on any atom is 0.314 e. The first-order valence-corrected chi connectivity index (χ1v) is 8.14. The van der Waals surface area contributed by atoms with E-state index in [1.165, 1.54) is 11.8 Å². The number of aryl methyl sites for hydroxylation is 1. The lowest BCUT2D eigenvalue weighted by atomic mass is 10.1. The zero-order chi connectivity index (χ0) is 18.4. The van der Waals surface area contributed by atoms with Crippen LogP contribution in [-0.4, -0.2) is 53.8 Å². The normalized spacial score (nSPS) is 20.0. The third-order valence-corrected chi connectivity index (χ3v) is 3.76. The van der Waals surface area contributed by atoms with Crippen LogP contribution in [0.1, 0.15) is 31.7 Å². The summed E-state index contributed by atoms with van der Waals surface area (Å²) >= 11 is 0. The molecule has 0 bridgehead atoms. The average molecular weight is 352 g/mol. The van der Waals surface area contributed by atoms with Crippen LogP contribution in [0.4, 0.5) is 5.82 Å². The Labute approximate surface area is 145 Å². The molecule has 138 valence electrons. The first kappa shape index (κ1) is 18.9. The van der Waals surface area contributed by atoms with Crippen LogP contribution in [-0.2, 0) is 19.1 Å². The number of amides is 3. The Morgan fingerprint density at radius 3 is 2.88 bits per heavy atom. The Hall–Kier alpha value is -2.46. The van der Waals surface area contributed by atoms with Gasteiger partial charge in [0.15, 0.2) is 6.29 Å². The van der Waals surface area contributed by atoms with E-state index in [2.05, 4.69) is 26.4 Å². The van der Waals surface area contributed by atoms with Gasteiger partial charge < -0.3 is 20.7 Å². The molecular weight excluding hydrogens is 328 g/mol.